The van der Waals surface area contributed by atoms with Crippen LogP contribution in [0.3, 0.4) is 0 Å². The van der Waals surface area contributed by atoms with Gasteiger partial charge < -0.3 is 5.01 Å². The van der Waals surface area contributed by atoms with Gasteiger partial charge in [-0.15, -0.1) is 0 Å². The summed E-state index contributed by atoms with van der Waals surface area (Å²) in [6.45, 7) is 4.85. The molecule has 18 heavy (non-hydrogen) atoms. The van der Waals surface area contributed by atoms with Crippen LogP contribution < -0.4 is 5.01 Å². The average molecular weight is 250 g/mol. The number of hydrogen-bond donors (Lipinski definition) is 0. The lowest BCUT2D eigenvalue weighted by Gasteiger charge is -2.33. The lowest BCUT2D eigenvalue weighted by atomic mass is 10.2. The van der Waals surface area contributed by atoms with Gasteiger partial charge in [0, 0.05) is 25.2 Å². The molecule has 0 radical (unpaired) electrons. The van der Waals surface area contributed by atoms with Crippen molar-refractivity contribution >= 4 is 12.0 Å². The highest BCUT2D eigenvalue weighted by atomic mass is 19.1. The van der Waals surface area contributed by atoms with Gasteiger partial charge in [-0.05, 0) is 37.5 Å². The largest absolute Gasteiger partial charge is 0.303 e. The Bertz CT molecular complexity index is 416. The highest BCUT2D eigenvalue weighted by Crippen LogP contribution is 2.24. The molecule has 1 aromatic rings. The second-order valence-electron chi connectivity index (χ2n) is 4.61. The van der Waals surface area contributed by atoms with Crippen molar-refractivity contribution in [3.63, 3.8) is 0 Å². The Labute approximate surface area is 107 Å². The fourth-order valence-electron chi connectivity index (χ4n) is 2.37. The molecule has 1 aliphatic heterocycles. The SMILES string of the molecule is CCCN(c1ccc(C=O)cc1F)N1CCCC1. The van der Waals surface area contributed by atoms with Gasteiger partial charge in [-0.25, -0.2) is 9.40 Å². The second-order valence-corrected chi connectivity index (χ2v) is 4.61. The van der Waals surface area contributed by atoms with Gasteiger partial charge in [0.15, 0.2) is 0 Å². The summed E-state index contributed by atoms with van der Waals surface area (Å²) in [6.07, 6.45) is 3.96. The van der Waals surface area contributed by atoms with E-state index in [2.05, 4.69) is 11.9 Å². The van der Waals surface area contributed by atoms with Crippen LogP contribution in [-0.4, -0.2) is 30.9 Å². The summed E-state index contributed by atoms with van der Waals surface area (Å²) < 4.78 is 14.0. The zero-order valence-electron chi connectivity index (χ0n) is 10.7. The summed E-state index contributed by atoms with van der Waals surface area (Å²) in [5.74, 6) is -0.319. The molecule has 2 rings (SSSR count). The maximum atomic E-state index is 14.0. The van der Waals surface area contributed by atoms with E-state index in [-0.39, 0.29) is 5.82 Å². The minimum absolute atomic E-state index is 0.319. The molecule has 0 aliphatic carbocycles. The number of benzene rings is 1. The molecular formula is C14H19FN2O. The van der Waals surface area contributed by atoms with Crippen molar-refractivity contribution in [3.8, 4) is 0 Å². The van der Waals surface area contributed by atoms with E-state index in [0.717, 1.165) is 38.9 Å². The molecule has 0 unspecified atom stereocenters. The molecule has 98 valence electrons. The Morgan fingerprint density at radius 3 is 2.67 bits per heavy atom. The fourth-order valence-corrected chi connectivity index (χ4v) is 2.37. The number of hydrogen-bond acceptors (Lipinski definition) is 3. The van der Waals surface area contributed by atoms with Crippen LogP contribution in [-0.2, 0) is 0 Å². The minimum Gasteiger partial charge on any atom is -0.303 e. The maximum absolute atomic E-state index is 14.0. The Morgan fingerprint density at radius 2 is 2.11 bits per heavy atom. The molecule has 0 aromatic heterocycles. The normalized spacial score (nSPS) is 15.9. The van der Waals surface area contributed by atoms with E-state index in [9.17, 15) is 9.18 Å². The van der Waals surface area contributed by atoms with E-state index >= 15 is 0 Å². The third kappa shape index (κ3) is 2.70. The predicted octanol–water partition coefficient (Wildman–Crippen LogP) is 2.87. The van der Waals surface area contributed by atoms with E-state index in [4.69, 9.17) is 0 Å². The maximum Gasteiger partial charge on any atom is 0.150 e. The number of rotatable bonds is 5. The van der Waals surface area contributed by atoms with E-state index in [1.165, 1.54) is 6.07 Å². The van der Waals surface area contributed by atoms with Crippen LogP contribution in [0.1, 0.15) is 36.5 Å². The minimum atomic E-state index is -0.319. The van der Waals surface area contributed by atoms with Crippen LogP contribution in [0.5, 0.6) is 0 Å². The second kappa shape index (κ2) is 5.96. The van der Waals surface area contributed by atoms with Gasteiger partial charge in [0.2, 0.25) is 0 Å². The fraction of sp³-hybridized carbons (Fsp3) is 0.500. The zero-order valence-corrected chi connectivity index (χ0v) is 10.7. The molecule has 0 atom stereocenters. The average Bonchev–Trinajstić information content (AvgIpc) is 2.90. The Balaban J connectivity index is 2.26. The highest BCUT2D eigenvalue weighted by molar-refractivity contribution is 5.75. The third-order valence-electron chi connectivity index (χ3n) is 3.25. The summed E-state index contributed by atoms with van der Waals surface area (Å²) in [6, 6.07) is 4.68. The van der Waals surface area contributed by atoms with E-state index < -0.39 is 0 Å². The summed E-state index contributed by atoms with van der Waals surface area (Å²) >= 11 is 0. The van der Waals surface area contributed by atoms with Crippen LogP contribution >= 0.6 is 0 Å². The number of halogens is 1. The summed E-state index contributed by atoms with van der Waals surface area (Å²) in [5.41, 5.74) is 0.957. The lowest BCUT2D eigenvalue weighted by Crippen LogP contribution is -2.41. The number of nitrogens with zero attached hydrogens (tertiary/aromatic N) is 2. The Kier molecular flexibility index (Phi) is 4.31. The molecular weight excluding hydrogens is 231 g/mol. The third-order valence-corrected chi connectivity index (χ3v) is 3.25. The molecule has 0 spiro atoms. The van der Waals surface area contributed by atoms with Crippen molar-refractivity contribution in [2.45, 2.75) is 26.2 Å². The van der Waals surface area contributed by atoms with Crippen molar-refractivity contribution in [3.05, 3.63) is 29.6 Å². The molecule has 0 amide bonds. The molecule has 0 N–H and O–H groups in total. The molecule has 1 heterocycles. The van der Waals surface area contributed by atoms with Crippen molar-refractivity contribution in [1.82, 2.24) is 5.01 Å². The first-order valence-electron chi connectivity index (χ1n) is 6.53. The smallest absolute Gasteiger partial charge is 0.150 e. The van der Waals surface area contributed by atoms with Crippen LogP contribution in [0.25, 0.3) is 0 Å². The number of aldehydes is 1. The lowest BCUT2D eigenvalue weighted by molar-refractivity contribution is 0.112. The van der Waals surface area contributed by atoms with Crippen LogP contribution in [0, 0.1) is 5.82 Å². The van der Waals surface area contributed by atoms with Gasteiger partial charge in [-0.3, -0.25) is 4.79 Å². The van der Waals surface area contributed by atoms with Crippen molar-refractivity contribution in [2.75, 3.05) is 24.6 Å². The van der Waals surface area contributed by atoms with Crippen molar-refractivity contribution < 1.29 is 9.18 Å². The van der Waals surface area contributed by atoms with E-state index in [0.29, 0.717) is 17.5 Å². The standard InChI is InChI=1S/C14H19FN2O/c1-2-7-17(16-8-3-4-9-16)14-6-5-12(11-18)10-13(14)15/h5-6,10-11H,2-4,7-9H2,1H3. The van der Waals surface area contributed by atoms with Crippen LogP contribution in [0.2, 0.25) is 0 Å². The van der Waals surface area contributed by atoms with Crippen molar-refractivity contribution in [1.29, 1.82) is 0 Å². The first-order chi connectivity index (χ1) is 8.76. The molecule has 1 aromatic carbocycles. The highest BCUT2D eigenvalue weighted by Gasteiger charge is 2.21. The van der Waals surface area contributed by atoms with Gasteiger partial charge >= 0.3 is 0 Å². The summed E-state index contributed by atoms with van der Waals surface area (Å²) in [7, 11) is 0. The van der Waals surface area contributed by atoms with Gasteiger partial charge in [-0.1, -0.05) is 6.92 Å². The quantitative estimate of drug-likeness (QED) is 0.751. The number of anilines is 1. The Hall–Kier alpha value is -1.42. The molecule has 1 aliphatic rings. The van der Waals surface area contributed by atoms with Crippen molar-refractivity contribution in [2.24, 2.45) is 0 Å². The first kappa shape index (κ1) is 13.0. The molecule has 4 heteroatoms. The van der Waals surface area contributed by atoms with Gasteiger partial charge in [0.25, 0.3) is 0 Å². The Morgan fingerprint density at radius 1 is 1.39 bits per heavy atom. The number of carbonyl (C=O) groups is 1. The van der Waals surface area contributed by atoms with Crippen LogP contribution in [0.4, 0.5) is 10.1 Å². The predicted molar refractivity (Wildman–Crippen MR) is 70.2 cm³/mol. The zero-order chi connectivity index (χ0) is 13.0. The number of carbonyl (C=O) groups excluding carboxylic acids is 1. The molecule has 0 bridgehead atoms. The molecule has 1 saturated heterocycles. The molecule has 0 saturated carbocycles. The van der Waals surface area contributed by atoms with E-state index in [1.807, 2.05) is 5.01 Å². The van der Waals surface area contributed by atoms with E-state index in [1.54, 1.807) is 12.1 Å². The number of hydrazine groups is 1. The van der Waals surface area contributed by atoms with Gasteiger partial charge in [0.05, 0.1) is 5.69 Å². The summed E-state index contributed by atoms with van der Waals surface area (Å²) in [4.78, 5) is 10.6. The van der Waals surface area contributed by atoms with Gasteiger partial charge in [-0.2, -0.15) is 0 Å². The molecule has 1 fully saturated rings. The summed E-state index contributed by atoms with van der Waals surface area (Å²) in [5, 5.41) is 4.21. The topological polar surface area (TPSA) is 23.6 Å². The first-order valence-corrected chi connectivity index (χ1v) is 6.53. The monoisotopic (exact) mass is 250 g/mol. The molecule has 3 nitrogen and oxygen atoms in total. The van der Waals surface area contributed by atoms with Crippen LogP contribution in [0.15, 0.2) is 18.2 Å². The van der Waals surface area contributed by atoms with Gasteiger partial charge in [0.1, 0.15) is 12.1 Å².